The zero-order valence-electron chi connectivity index (χ0n) is 14.5. The van der Waals surface area contributed by atoms with Crippen molar-refractivity contribution in [1.29, 1.82) is 0 Å². The maximum absolute atomic E-state index is 10.9. The number of nitrogens with two attached hydrogens (primary N) is 2. The zero-order valence-corrected chi connectivity index (χ0v) is 15.3. The topological polar surface area (TPSA) is 128 Å². The number of aliphatic hydroxyl groups is 1. The lowest BCUT2D eigenvalue weighted by Crippen LogP contribution is -2.44. The Labute approximate surface area is 152 Å². The molecule has 1 rings (SSSR count). The van der Waals surface area contributed by atoms with Crippen LogP contribution in [0.25, 0.3) is 0 Å². The number of halogens is 1. The van der Waals surface area contributed by atoms with Gasteiger partial charge in [0, 0.05) is 25.9 Å². The normalized spacial score (nSPS) is 14.4. The lowest BCUT2D eigenvalue weighted by Gasteiger charge is -2.24. The molecule has 2 amide bonds. The van der Waals surface area contributed by atoms with E-state index in [-0.39, 0.29) is 24.9 Å². The highest BCUT2D eigenvalue weighted by Crippen LogP contribution is 2.26. The molecule has 1 aromatic carbocycles. The van der Waals surface area contributed by atoms with Crippen molar-refractivity contribution in [2.24, 2.45) is 17.4 Å². The molecule has 8 heteroatoms. The van der Waals surface area contributed by atoms with E-state index in [1.807, 2.05) is 6.07 Å². The average molecular weight is 372 g/mol. The van der Waals surface area contributed by atoms with Gasteiger partial charge in [0.15, 0.2) is 0 Å². The Bertz CT molecular complexity index is 597. The molecule has 0 aliphatic carbocycles. The minimum atomic E-state index is -0.954. The lowest BCUT2D eigenvalue weighted by molar-refractivity contribution is -0.119. The largest absolute Gasteiger partial charge is 0.489 e. The van der Waals surface area contributed by atoms with Gasteiger partial charge in [0.2, 0.25) is 11.8 Å². The van der Waals surface area contributed by atoms with Gasteiger partial charge in [-0.25, -0.2) is 0 Å². The highest BCUT2D eigenvalue weighted by atomic mass is 35.5. The minimum absolute atomic E-state index is 0.0464. The molecule has 0 aliphatic rings. The number of amides is 2. The van der Waals surface area contributed by atoms with Crippen molar-refractivity contribution >= 4 is 23.4 Å². The van der Waals surface area contributed by atoms with Gasteiger partial charge >= 0.3 is 0 Å². The number of hydrogen-bond donors (Lipinski definition) is 4. The lowest BCUT2D eigenvalue weighted by atomic mass is 9.94. The molecule has 0 spiro atoms. The van der Waals surface area contributed by atoms with Crippen molar-refractivity contribution < 1.29 is 19.4 Å². The summed E-state index contributed by atoms with van der Waals surface area (Å²) in [6.07, 6.45) is -0.204. The van der Waals surface area contributed by atoms with Crippen LogP contribution in [0.2, 0.25) is 5.02 Å². The summed E-state index contributed by atoms with van der Waals surface area (Å²) in [6, 6.07) is 4.66. The number of benzene rings is 1. The van der Waals surface area contributed by atoms with Gasteiger partial charge in [0.05, 0.1) is 5.02 Å². The second kappa shape index (κ2) is 10.2. The smallest absolute Gasteiger partial charge is 0.217 e. The van der Waals surface area contributed by atoms with Crippen molar-refractivity contribution in [3.05, 3.63) is 28.8 Å². The fourth-order valence-corrected chi connectivity index (χ4v) is 2.58. The fourth-order valence-electron chi connectivity index (χ4n) is 2.32. The highest BCUT2D eigenvalue weighted by Gasteiger charge is 2.23. The van der Waals surface area contributed by atoms with E-state index in [1.54, 1.807) is 19.1 Å². The molecule has 25 heavy (non-hydrogen) atoms. The Hall–Kier alpha value is -1.83. The first-order valence-corrected chi connectivity index (χ1v) is 8.46. The molecule has 0 saturated heterocycles. The summed E-state index contributed by atoms with van der Waals surface area (Å²) < 4.78 is 5.52. The summed E-state index contributed by atoms with van der Waals surface area (Å²) >= 11 is 6.18. The summed E-state index contributed by atoms with van der Waals surface area (Å²) in [4.78, 5) is 21.8. The van der Waals surface area contributed by atoms with Crippen LogP contribution in [-0.2, 0) is 16.0 Å². The molecule has 0 fully saturated rings. The van der Waals surface area contributed by atoms with Crippen molar-refractivity contribution in [2.45, 2.75) is 38.8 Å². The highest BCUT2D eigenvalue weighted by molar-refractivity contribution is 6.32. The number of ether oxygens (including phenoxy) is 1. The van der Waals surface area contributed by atoms with E-state index in [2.05, 4.69) is 5.32 Å². The third-order valence-electron chi connectivity index (χ3n) is 3.82. The summed E-state index contributed by atoms with van der Waals surface area (Å²) in [5.41, 5.74) is 12.0. The van der Waals surface area contributed by atoms with Crippen molar-refractivity contribution in [3.63, 3.8) is 0 Å². The predicted octanol–water partition coefficient (Wildman–Crippen LogP) is 0.597. The Morgan fingerprint density at radius 2 is 2.08 bits per heavy atom. The number of hydrogen-bond acceptors (Lipinski definition) is 5. The first-order chi connectivity index (χ1) is 11.7. The van der Waals surface area contributed by atoms with Gasteiger partial charge < -0.3 is 26.6 Å². The SMILES string of the molecule is CC(=O)NCCc1ccc(OCC(O)C(N)C(C)CC(N)=O)c(Cl)c1. The Morgan fingerprint density at radius 3 is 2.64 bits per heavy atom. The molecule has 0 heterocycles. The predicted molar refractivity (Wildman–Crippen MR) is 96.3 cm³/mol. The first kappa shape index (κ1) is 21.2. The van der Waals surface area contributed by atoms with Gasteiger partial charge in [0.25, 0.3) is 0 Å². The number of primary amides is 1. The van der Waals surface area contributed by atoms with Gasteiger partial charge in [0.1, 0.15) is 18.5 Å². The van der Waals surface area contributed by atoms with E-state index in [0.29, 0.717) is 23.7 Å². The van der Waals surface area contributed by atoms with Crippen LogP contribution < -0.4 is 21.5 Å². The maximum atomic E-state index is 10.9. The Balaban J connectivity index is 2.53. The minimum Gasteiger partial charge on any atom is -0.489 e. The van der Waals surface area contributed by atoms with Gasteiger partial charge in [-0.3, -0.25) is 9.59 Å². The van der Waals surface area contributed by atoms with Crippen LogP contribution in [0.4, 0.5) is 0 Å². The van der Waals surface area contributed by atoms with Crippen LogP contribution in [0.3, 0.4) is 0 Å². The molecule has 0 bridgehead atoms. The van der Waals surface area contributed by atoms with E-state index in [1.165, 1.54) is 6.92 Å². The first-order valence-electron chi connectivity index (χ1n) is 8.08. The summed E-state index contributed by atoms with van der Waals surface area (Å²) in [6.45, 7) is 3.69. The van der Waals surface area contributed by atoms with Crippen LogP contribution in [0.1, 0.15) is 25.8 Å². The number of rotatable bonds is 10. The van der Waals surface area contributed by atoms with E-state index in [0.717, 1.165) is 5.56 Å². The van der Waals surface area contributed by atoms with E-state index < -0.39 is 18.1 Å². The molecule has 6 N–H and O–H groups in total. The molecule has 3 unspecified atom stereocenters. The van der Waals surface area contributed by atoms with Crippen molar-refractivity contribution in [3.8, 4) is 5.75 Å². The van der Waals surface area contributed by atoms with Crippen LogP contribution in [0, 0.1) is 5.92 Å². The number of carbonyl (C=O) groups is 2. The molecule has 0 aromatic heterocycles. The molecule has 3 atom stereocenters. The summed E-state index contributed by atoms with van der Waals surface area (Å²) in [5.74, 6) is -0.377. The standard InChI is InChI=1S/C17H26ClN3O4/c1-10(7-16(19)24)17(20)14(23)9-25-15-4-3-12(8-13(15)18)5-6-21-11(2)22/h3-4,8,10,14,17,23H,5-7,9,20H2,1-2H3,(H2,19,24)(H,21,22). The van der Waals surface area contributed by atoms with Crippen LogP contribution in [0.5, 0.6) is 5.75 Å². The second-order valence-electron chi connectivity index (χ2n) is 6.10. The quantitative estimate of drug-likeness (QED) is 0.478. The van der Waals surface area contributed by atoms with Gasteiger partial charge in [-0.15, -0.1) is 0 Å². The van der Waals surface area contributed by atoms with Crippen molar-refractivity contribution in [2.75, 3.05) is 13.2 Å². The molecule has 0 aliphatic heterocycles. The van der Waals surface area contributed by atoms with Gasteiger partial charge in [-0.1, -0.05) is 24.6 Å². The monoisotopic (exact) mass is 371 g/mol. The van der Waals surface area contributed by atoms with Crippen molar-refractivity contribution in [1.82, 2.24) is 5.32 Å². The molecule has 0 radical (unpaired) electrons. The van der Waals surface area contributed by atoms with E-state index >= 15 is 0 Å². The molecule has 7 nitrogen and oxygen atoms in total. The molecule has 140 valence electrons. The summed E-state index contributed by atoms with van der Waals surface area (Å²) in [7, 11) is 0. The zero-order chi connectivity index (χ0) is 19.0. The van der Waals surface area contributed by atoms with Crippen LogP contribution in [0.15, 0.2) is 18.2 Å². The Kier molecular flexibility index (Phi) is 8.68. The molecule has 1 aromatic rings. The fraction of sp³-hybridized carbons (Fsp3) is 0.529. The van der Waals surface area contributed by atoms with Gasteiger partial charge in [-0.05, 0) is 30.0 Å². The maximum Gasteiger partial charge on any atom is 0.217 e. The Morgan fingerprint density at radius 1 is 1.40 bits per heavy atom. The van der Waals surface area contributed by atoms with Crippen LogP contribution >= 0.6 is 11.6 Å². The number of aliphatic hydroxyl groups excluding tert-OH is 1. The van der Waals surface area contributed by atoms with Gasteiger partial charge in [-0.2, -0.15) is 0 Å². The van der Waals surface area contributed by atoms with E-state index in [9.17, 15) is 14.7 Å². The number of carbonyl (C=O) groups excluding carboxylic acids is 2. The molecule has 0 saturated carbocycles. The molecular formula is C17H26ClN3O4. The summed E-state index contributed by atoms with van der Waals surface area (Å²) in [5, 5.41) is 13.2. The average Bonchev–Trinajstić information content (AvgIpc) is 2.52. The molecular weight excluding hydrogens is 346 g/mol. The third kappa shape index (κ3) is 7.72. The third-order valence-corrected chi connectivity index (χ3v) is 4.11. The number of nitrogens with one attached hydrogen (secondary N) is 1. The van der Waals surface area contributed by atoms with E-state index in [4.69, 9.17) is 27.8 Å². The van der Waals surface area contributed by atoms with Crippen LogP contribution in [-0.4, -0.2) is 42.2 Å². The second-order valence-corrected chi connectivity index (χ2v) is 6.51.